The van der Waals surface area contributed by atoms with E-state index in [2.05, 4.69) is 46.3 Å². The number of halogens is 1. The largest absolute Gasteiger partial charge is 0.490 e. The highest BCUT2D eigenvalue weighted by Gasteiger charge is 2.23. The van der Waals surface area contributed by atoms with Crippen molar-refractivity contribution in [3.05, 3.63) is 40.9 Å². The Morgan fingerprint density at radius 2 is 1.73 bits per heavy atom. The average molecular weight is 263 g/mol. The molecule has 0 saturated heterocycles. The van der Waals surface area contributed by atoms with Crippen LogP contribution in [0, 0.1) is 0 Å². The topological polar surface area (TPSA) is 9.23 Å². The van der Waals surface area contributed by atoms with Crippen molar-refractivity contribution < 1.29 is 4.74 Å². The molecule has 0 aromatic heterocycles. The molecule has 1 aliphatic rings. The minimum atomic E-state index is 0.470. The molecule has 0 amide bonds. The van der Waals surface area contributed by atoms with Crippen molar-refractivity contribution >= 4 is 26.7 Å². The smallest absolute Gasteiger partial charge is 0.120 e. The van der Waals surface area contributed by atoms with E-state index >= 15 is 0 Å². The molecule has 0 bridgehead atoms. The van der Waals surface area contributed by atoms with E-state index in [9.17, 15) is 0 Å². The third kappa shape index (κ3) is 2.00. The molecule has 2 heteroatoms. The summed E-state index contributed by atoms with van der Waals surface area (Å²) >= 11 is 3.47. The average Bonchev–Trinajstić information content (AvgIpc) is 3.02. The third-order valence-corrected chi connectivity index (χ3v) is 3.09. The van der Waals surface area contributed by atoms with Crippen LogP contribution in [0.15, 0.2) is 40.9 Å². The SMILES string of the molecule is Brc1ccc2cc(OC3CC3)ccc2c1. The van der Waals surface area contributed by atoms with Gasteiger partial charge >= 0.3 is 0 Å². The quantitative estimate of drug-likeness (QED) is 0.791. The van der Waals surface area contributed by atoms with Gasteiger partial charge in [0.1, 0.15) is 5.75 Å². The summed E-state index contributed by atoms with van der Waals surface area (Å²) in [7, 11) is 0. The summed E-state index contributed by atoms with van der Waals surface area (Å²) in [6, 6.07) is 12.6. The Morgan fingerprint density at radius 3 is 2.53 bits per heavy atom. The standard InChI is InChI=1S/C13H11BrO/c14-11-3-1-10-8-13(15-12-5-6-12)4-2-9(10)7-11/h1-4,7-8,12H,5-6H2. The Hall–Kier alpha value is -1.02. The van der Waals surface area contributed by atoms with Gasteiger partial charge in [-0.2, -0.15) is 0 Å². The van der Waals surface area contributed by atoms with Crippen LogP contribution in [0.2, 0.25) is 0 Å². The first-order valence-electron chi connectivity index (χ1n) is 5.17. The maximum absolute atomic E-state index is 5.75. The molecule has 1 aliphatic carbocycles. The summed E-state index contributed by atoms with van der Waals surface area (Å²) < 4.78 is 6.87. The lowest BCUT2D eigenvalue weighted by Gasteiger charge is -2.05. The van der Waals surface area contributed by atoms with Crippen LogP contribution in [0.5, 0.6) is 5.75 Å². The maximum atomic E-state index is 5.75. The van der Waals surface area contributed by atoms with Gasteiger partial charge < -0.3 is 4.74 Å². The molecule has 3 rings (SSSR count). The molecule has 1 fully saturated rings. The van der Waals surface area contributed by atoms with Crippen LogP contribution in [0.4, 0.5) is 0 Å². The van der Waals surface area contributed by atoms with E-state index in [0.29, 0.717) is 6.10 Å². The second-order valence-electron chi connectivity index (χ2n) is 3.97. The number of ether oxygens (including phenoxy) is 1. The van der Waals surface area contributed by atoms with Crippen LogP contribution in [0.25, 0.3) is 10.8 Å². The fraction of sp³-hybridized carbons (Fsp3) is 0.231. The van der Waals surface area contributed by atoms with E-state index < -0.39 is 0 Å². The van der Waals surface area contributed by atoms with Crippen LogP contribution < -0.4 is 4.74 Å². The fourth-order valence-electron chi connectivity index (χ4n) is 1.65. The first-order chi connectivity index (χ1) is 7.31. The van der Waals surface area contributed by atoms with Gasteiger partial charge in [-0.05, 0) is 47.9 Å². The highest BCUT2D eigenvalue weighted by molar-refractivity contribution is 9.10. The normalized spacial score (nSPS) is 15.5. The van der Waals surface area contributed by atoms with Crippen LogP contribution in [0.3, 0.4) is 0 Å². The first kappa shape index (κ1) is 9.22. The van der Waals surface area contributed by atoms with Gasteiger partial charge in [0.05, 0.1) is 6.10 Å². The first-order valence-corrected chi connectivity index (χ1v) is 5.96. The van der Waals surface area contributed by atoms with Crippen molar-refractivity contribution in [1.29, 1.82) is 0 Å². The molecule has 0 radical (unpaired) electrons. The molecule has 1 nitrogen and oxygen atoms in total. The summed E-state index contributed by atoms with van der Waals surface area (Å²) in [5.41, 5.74) is 0. The van der Waals surface area contributed by atoms with Crippen molar-refractivity contribution in [1.82, 2.24) is 0 Å². The second kappa shape index (κ2) is 3.53. The van der Waals surface area contributed by atoms with Crippen LogP contribution >= 0.6 is 15.9 Å². The fourth-order valence-corrected chi connectivity index (χ4v) is 2.03. The van der Waals surface area contributed by atoms with E-state index in [4.69, 9.17) is 4.74 Å². The molecule has 2 aromatic carbocycles. The highest BCUT2D eigenvalue weighted by atomic mass is 79.9. The van der Waals surface area contributed by atoms with Crippen LogP contribution in [0.1, 0.15) is 12.8 Å². The van der Waals surface area contributed by atoms with Gasteiger partial charge in [-0.15, -0.1) is 0 Å². The van der Waals surface area contributed by atoms with Gasteiger partial charge in [-0.3, -0.25) is 0 Å². The summed E-state index contributed by atoms with van der Waals surface area (Å²) in [4.78, 5) is 0. The number of rotatable bonds is 2. The molecule has 0 spiro atoms. The Bertz CT molecular complexity index is 503. The Morgan fingerprint density at radius 1 is 1.00 bits per heavy atom. The van der Waals surface area contributed by atoms with Gasteiger partial charge in [0.25, 0.3) is 0 Å². The van der Waals surface area contributed by atoms with E-state index in [0.717, 1.165) is 10.2 Å². The molecule has 0 unspecified atom stereocenters. The summed E-state index contributed by atoms with van der Waals surface area (Å²) in [6.07, 6.45) is 2.88. The molecule has 0 heterocycles. The Kier molecular flexibility index (Phi) is 2.17. The van der Waals surface area contributed by atoms with Crippen molar-refractivity contribution in [3.8, 4) is 5.75 Å². The predicted octanol–water partition coefficient (Wildman–Crippen LogP) is 4.14. The van der Waals surface area contributed by atoms with Crippen molar-refractivity contribution in [2.24, 2.45) is 0 Å². The van der Waals surface area contributed by atoms with Gasteiger partial charge in [-0.25, -0.2) is 0 Å². The van der Waals surface area contributed by atoms with Crippen LogP contribution in [-0.4, -0.2) is 6.10 Å². The molecule has 0 atom stereocenters. The molecular formula is C13H11BrO. The van der Waals surface area contributed by atoms with Gasteiger partial charge in [0.2, 0.25) is 0 Å². The lowest BCUT2D eigenvalue weighted by molar-refractivity contribution is 0.303. The maximum Gasteiger partial charge on any atom is 0.120 e. The zero-order valence-electron chi connectivity index (χ0n) is 8.24. The predicted molar refractivity (Wildman–Crippen MR) is 65.3 cm³/mol. The van der Waals surface area contributed by atoms with Gasteiger partial charge in [0, 0.05) is 4.47 Å². The minimum Gasteiger partial charge on any atom is -0.490 e. The van der Waals surface area contributed by atoms with Crippen LogP contribution in [-0.2, 0) is 0 Å². The summed E-state index contributed by atoms with van der Waals surface area (Å²) in [5.74, 6) is 0.993. The monoisotopic (exact) mass is 262 g/mol. The number of fused-ring (bicyclic) bond motifs is 1. The molecule has 0 aliphatic heterocycles. The zero-order valence-corrected chi connectivity index (χ0v) is 9.83. The number of hydrogen-bond acceptors (Lipinski definition) is 1. The highest BCUT2D eigenvalue weighted by Crippen LogP contribution is 2.29. The summed E-state index contributed by atoms with van der Waals surface area (Å²) in [6.45, 7) is 0. The minimum absolute atomic E-state index is 0.470. The molecule has 2 aromatic rings. The Labute approximate surface area is 97.2 Å². The van der Waals surface area contributed by atoms with Gasteiger partial charge in [-0.1, -0.05) is 28.1 Å². The van der Waals surface area contributed by atoms with Crippen molar-refractivity contribution in [3.63, 3.8) is 0 Å². The molecule has 1 saturated carbocycles. The molecule has 0 N–H and O–H groups in total. The molecular weight excluding hydrogens is 252 g/mol. The lowest BCUT2D eigenvalue weighted by atomic mass is 10.1. The van der Waals surface area contributed by atoms with E-state index in [1.165, 1.54) is 23.6 Å². The number of benzene rings is 2. The number of hydrogen-bond donors (Lipinski definition) is 0. The van der Waals surface area contributed by atoms with E-state index in [1.54, 1.807) is 0 Å². The molecule has 15 heavy (non-hydrogen) atoms. The Balaban J connectivity index is 2.01. The zero-order chi connectivity index (χ0) is 10.3. The second-order valence-corrected chi connectivity index (χ2v) is 4.89. The third-order valence-electron chi connectivity index (χ3n) is 2.60. The van der Waals surface area contributed by atoms with Crippen molar-refractivity contribution in [2.75, 3.05) is 0 Å². The van der Waals surface area contributed by atoms with E-state index in [1.807, 2.05) is 6.07 Å². The van der Waals surface area contributed by atoms with Crippen molar-refractivity contribution in [2.45, 2.75) is 18.9 Å². The summed E-state index contributed by atoms with van der Waals surface area (Å²) in [5, 5.41) is 2.48. The lowest BCUT2D eigenvalue weighted by Crippen LogP contribution is -1.95. The molecule has 76 valence electrons. The van der Waals surface area contributed by atoms with E-state index in [-0.39, 0.29) is 0 Å². The van der Waals surface area contributed by atoms with Gasteiger partial charge in [0.15, 0.2) is 0 Å².